The Bertz CT molecular complexity index is 393. The van der Waals surface area contributed by atoms with Crippen LogP contribution in [0.25, 0.3) is 0 Å². The first-order valence-corrected chi connectivity index (χ1v) is 6.89. The summed E-state index contributed by atoms with van der Waals surface area (Å²) in [5, 5.41) is 0. The van der Waals surface area contributed by atoms with E-state index in [1.807, 2.05) is 26.8 Å². The van der Waals surface area contributed by atoms with Gasteiger partial charge in [-0.15, -0.1) is 0 Å². The zero-order valence-electron chi connectivity index (χ0n) is 12.7. The van der Waals surface area contributed by atoms with Crippen LogP contribution in [0.2, 0.25) is 0 Å². The number of ether oxygens (including phenoxy) is 1. The Hall–Kier alpha value is -1.36. The molecule has 0 radical (unpaired) electrons. The van der Waals surface area contributed by atoms with Gasteiger partial charge in [-0.2, -0.15) is 4.98 Å². The third-order valence-corrected chi connectivity index (χ3v) is 2.44. The molecule has 0 bridgehead atoms. The van der Waals surface area contributed by atoms with Gasteiger partial charge in [-0.1, -0.05) is 13.8 Å². The Morgan fingerprint density at radius 3 is 2.47 bits per heavy atom. The van der Waals surface area contributed by atoms with Crippen LogP contribution in [-0.2, 0) is 0 Å². The molecule has 1 rings (SSSR count). The molecule has 108 valence electrons. The van der Waals surface area contributed by atoms with E-state index < -0.39 is 0 Å². The maximum absolute atomic E-state index is 5.67. The number of rotatable bonds is 7. The van der Waals surface area contributed by atoms with Gasteiger partial charge in [-0.05, 0) is 26.7 Å². The van der Waals surface area contributed by atoms with E-state index >= 15 is 0 Å². The van der Waals surface area contributed by atoms with Gasteiger partial charge >= 0.3 is 0 Å². The second-order valence-corrected chi connectivity index (χ2v) is 5.44. The third kappa shape index (κ3) is 5.42. The molecule has 0 aliphatic rings. The first-order valence-electron chi connectivity index (χ1n) is 6.89. The van der Waals surface area contributed by atoms with E-state index in [1.54, 1.807) is 0 Å². The Morgan fingerprint density at radius 1 is 1.26 bits per heavy atom. The van der Waals surface area contributed by atoms with E-state index in [1.165, 1.54) is 0 Å². The maximum atomic E-state index is 5.67. The summed E-state index contributed by atoms with van der Waals surface area (Å²) in [4.78, 5) is 11.1. The van der Waals surface area contributed by atoms with E-state index in [0.717, 1.165) is 18.8 Å². The highest BCUT2D eigenvalue weighted by Crippen LogP contribution is 2.17. The fourth-order valence-electron chi connectivity index (χ4n) is 1.84. The van der Waals surface area contributed by atoms with Gasteiger partial charge in [0.1, 0.15) is 0 Å². The normalized spacial score (nSPS) is 11.2. The van der Waals surface area contributed by atoms with E-state index in [-0.39, 0.29) is 6.10 Å². The zero-order valence-corrected chi connectivity index (χ0v) is 12.7. The highest BCUT2D eigenvalue weighted by molar-refractivity contribution is 5.34. The number of hydrogen-bond donors (Lipinski definition) is 1. The highest BCUT2D eigenvalue weighted by Gasteiger charge is 2.13. The number of nitrogens with zero attached hydrogens (tertiary/aromatic N) is 3. The molecule has 1 heterocycles. The lowest BCUT2D eigenvalue weighted by atomic mass is 10.2. The zero-order chi connectivity index (χ0) is 14.4. The summed E-state index contributed by atoms with van der Waals surface area (Å²) in [6.45, 7) is 12.5. The molecule has 0 saturated carbocycles. The minimum atomic E-state index is 0.107. The Morgan fingerprint density at radius 2 is 1.95 bits per heavy atom. The topological polar surface area (TPSA) is 64.3 Å². The van der Waals surface area contributed by atoms with Gasteiger partial charge < -0.3 is 15.4 Å². The summed E-state index contributed by atoms with van der Waals surface area (Å²) >= 11 is 0. The van der Waals surface area contributed by atoms with Crippen LogP contribution in [0.15, 0.2) is 6.07 Å². The largest absolute Gasteiger partial charge is 0.475 e. The van der Waals surface area contributed by atoms with Gasteiger partial charge in [-0.3, -0.25) is 0 Å². The van der Waals surface area contributed by atoms with Crippen molar-refractivity contribution < 1.29 is 4.74 Å². The van der Waals surface area contributed by atoms with E-state index in [4.69, 9.17) is 10.5 Å². The van der Waals surface area contributed by atoms with Crippen LogP contribution >= 0.6 is 0 Å². The van der Waals surface area contributed by atoms with Gasteiger partial charge in [0.05, 0.1) is 6.10 Å². The average Bonchev–Trinajstić information content (AvgIpc) is 2.26. The Kier molecular flexibility index (Phi) is 6.02. The predicted molar refractivity (Wildman–Crippen MR) is 78.6 cm³/mol. The minimum Gasteiger partial charge on any atom is -0.475 e. The number of aromatic nitrogens is 2. The number of nitrogens with two attached hydrogens (primary N) is 1. The lowest BCUT2D eigenvalue weighted by molar-refractivity contribution is 0.232. The van der Waals surface area contributed by atoms with Crippen LogP contribution < -0.4 is 15.4 Å². The summed E-state index contributed by atoms with van der Waals surface area (Å²) < 4.78 is 5.66. The van der Waals surface area contributed by atoms with Crippen molar-refractivity contribution >= 4 is 5.95 Å². The van der Waals surface area contributed by atoms with Crippen molar-refractivity contribution in [1.29, 1.82) is 0 Å². The van der Waals surface area contributed by atoms with Gasteiger partial charge in [0.15, 0.2) is 0 Å². The van der Waals surface area contributed by atoms with Gasteiger partial charge in [0, 0.05) is 31.4 Å². The number of aryl methyl sites for hydroxylation is 1. The third-order valence-electron chi connectivity index (χ3n) is 2.44. The molecule has 0 spiro atoms. The minimum absolute atomic E-state index is 0.107. The van der Waals surface area contributed by atoms with Crippen molar-refractivity contribution in [1.82, 2.24) is 9.97 Å². The standard InChI is InChI=1S/C14H26N4O/c1-10(2)9-18(7-6-15)14-16-12(5)8-13(17-14)19-11(3)4/h8,10-11H,6-7,9,15H2,1-5H3. The molecule has 1 aromatic rings. The molecule has 0 fully saturated rings. The van der Waals surface area contributed by atoms with Crippen molar-refractivity contribution in [2.75, 3.05) is 24.5 Å². The van der Waals surface area contributed by atoms with Crippen LogP contribution in [0.4, 0.5) is 5.95 Å². The summed E-state index contributed by atoms with van der Waals surface area (Å²) in [6, 6.07) is 1.86. The van der Waals surface area contributed by atoms with Crippen LogP contribution in [0.1, 0.15) is 33.4 Å². The Balaban J connectivity index is 2.97. The first-order chi connectivity index (χ1) is 8.92. The molecule has 0 aromatic carbocycles. The first kappa shape index (κ1) is 15.7. The SMILES string of the molecule is Cc1cc(OC(C)C)nc(N(CCN)CC(C)C)n1. The van der Waals surface area contributed by atoms with Crippen LogP contribution in [0, 0.1) is 12.8 Å². The smallest absolute Gasteiger partial charge is 0.228 e. The summed E-state index contributed by atoms with van der Waals surface area (Å²) in [5.41, 5.74) is 6.58. The maximum Gasteiger partial charge on any atom is 0.228 e. The molecule has 0 aliphatic carbocycles. The molecular formula is C14H26N4O. The lowest BCUT2D eigenvalue weighted by Crippen LogP contribution is -2.34. The van der Waals surface area contributed by atoms with Gasteiger partial charge in [-0.25, -0.2) is 4.98 Å². The molecule has 0 saturated heterocycles. The summed E-state index contributed by atoms with van der Waals surface area (Å²) in [6.07, 6.45) is 0.107. The fraction of sp³-hybridized carbons (Fsp3) is 0.714. The van der Waals surface area contributed by atoms with E-state index in [0.29, 0.717) is 24.3 Å². The average molecular weight is 266 g/mol. The molecule has 0 unspecified atom stereocenters. The van der Waals surface area contributed by atoms with Gasteiger partial charge in [0.2, 0.25) is 11.8 Å². The molecule has 2 N–H and O–H groups in total. The van der Waals surface area contributed by atoms with Crippen molar-refractivity contribution in [3.8, 4) is 5.88 Å². The fourth-order valence-corrected chi connectivity index (χ4v) is 1.84. The van der Waals surface area contributed by atoms with E-state index in [9.17, 15) is 0 Å². The summed E-state index contributed by atoms with van der Waals surface area (Å²) in [7, 11) is 0. The quantitative estimate of drug-likeness (QED) is 0.817. The van der Waals surface area contributed by atoms with Crippen LogP contribution in [-0.4, -0.2) is 35.7 Å². The van der Waals surface area contributed by atoms with Crippen molar-refractivity contribution in [2.24, 2.45) is 11.7 Å². The lowest BCUT2D eigenvalue weighted by Gasteiger charge is -2.24. The predicted octanol–water partition coefficient (Wildman–Crippen LogP) is 1.99. The molecule has 5 heteroatoms. The molecule has 0 atom stereocenters. The molecular weight excluding hydrogens is 240 g/mol. The second-order valence-electron chi connectivity index (χ2n) is 5.44. The molecule has 19 heavy (non-hydrogen) atoms. The number of hydrogen-bond acceptors (Lipinski definition) is 5. The second kappa shape index (κ2) is 7.28. The molecule has 1 aromatic heterocycles. The van der Waals surface area contributed by atoms with Gasteiger partial charge in [0.25, 0.3) is 0 Å². The molecule has 0 amide bonds. The monoisotopic (exact) mass is 266 g/mol. The van der Waals surface area contributed by atoms with Crippen molar-refractivity contribution in [3.63, 3.8) is 0 Å². The highest BCUT2D eigenvalue weighted by atomic mass is 16.5. The van der Waals surface area contributed by atoms with E-state index in [2.05, 4.69) is 28.7 Å². The molecule has 0 aliphatic heterocycles. The molecule has 5 nitrogen and oxygen atoms in total. The van der Waals surface area contributed by atoms with Crippen LogP contribution in [0.5, 0.6) is 5.88 Å². The van der Waals surface area contributed by atoms with Crippen molar-refractivity contribution in [3.05, 3.63) is 11.8 Å². The van der Waals surface area contributed by atoms with Crippen molar-refractivity contribution in [2.45, 2.75) is 40.7 Å². The Labute approximate surface area is 116 Å². The number of anilines is 1. The summed E-state index contributed by atoms with van der Waals surface area (Å²) in [5.74, 6) is 1.86. The van der Waals surface area contributed by atoms with Crippen LogP contribution in [0.3, 0.4) is 0 Å².